The fourth-order valence-electron chi connectivity index (χ4n) is 2.38. The molecule has 4 N–H and O–H groups in total. The van der Waals surface area contributed by atoms with Crippen molar-refractivity contribution in [1.29, 1.82) is 0 Å². The van der Waals surface area contributed by atoms with Crippen molar-refractivity contribution < 1.29 is 21.8 Å². The lowest BCUT2D eigenvalue weighted by Gasteiger charge is -2.29. The molecule has 2 aromatic carbocycles. The van der Waals surface area contributed by atoms with E-state index in [1.54, 1.807) is 0 Å². The van der Waals surface area contributed by atoms with Crippen LogP contribution in [0, 0.1) is 10.1 Å². The second-order valence-corrected chi connectivity index (χ2v) is 12.8. The number of anilines is 1. The van der Waals surface area contributed by atoms with E-state index in [-0.39, 0.29) is 40.7 Å². The fourth-order valence-corrected chi connectivity index (χ4v) is 6.56. The number of nitro benzene ring substituents is 1. The number of halogens is 8. The highest BCUT2D eigenvalue weighted by Gasteiger charge is 2.34. The van der Waals surface area contributed by atoms with Crippen LogP contribution in [-0.2, 0) is 20.0 Å². The van der Waals surface area contributed by atoms with Crippen LogP contribution in [0.15, 0.2) is 21.9 Å². The van der Waals surface area contributed by atoms with E-state index in [0.29, 0.717) is 0 Å². The van der Waals surface area contributed by atoms with Crippen LogP contribution in [-0.4, -0.2) is 32.8 Å². The second-order valence-electron chi connectivity index (χ2n) is 6.08. The Labute approximate surface area is 232 Å². The summed E-state index contributed by atoms with van der Waals surface area (Å²) >= 11 is 45.0. The van der Waals surface area contributed by atoms with Gasteiger partial charge in [-0.05, 0) is 12.1 Å². The number of nitro groups is 1. The molecule has 2 aromatic rings. The molecule has 1 heterocycles. The Hall–Kier alpha value is -0.220. The van der Waals surface area contributed by atoms with Crippen molar-refractivity contribution in [3.63, 3.8) is 0 Å². The SMILES string of the molecule is NS(=O)(=O)c1cc2c(cc1Cl)NC(C(Cl)Cl)NS2(=O)=O.O=[N+]([O-])c1c(Cl)c(Cl)c(Cl)c(Cl)c1Cl. The van der Waals surface area contributed by atoms with Gasteiger partial charge in [0.25, 0.3) is 0 Å². The fraction of sp³-hybridized carbons (Fsp3) is 0.143. The molecule has 20 heteroatoms. The van der Waals surface area contributed by atoms with Crippen molar-refractivity contribution in [2.24, 2.45) is 5.14 Å². The van der Waals surface area contributed by atoms with E-state index in [2.05, 4.69) is 10.0 Å². The summed E-state index contributed by atoms with van der Waals surface area (Å²) in [4.78, 5) is 7.90. The van der Waals surface area contributed by atoms with Crippen LogP contribution in [0.25, 0.3) is 0 Å². The number of fused-ring (bicyclic) bond motifs is 1. The molecule has 1 unspecified atom stereocenters. The lowest BCUT2D eigenvalue weighted by molar-refractivity contribution is -0.384. The van der Waals surface area contributed by atoms with Gasteiger partial charge in [0.2, 0.25) is 20.0 Å². The van der Waals surface area contributed by atoms with E-state index in [1.807, 2.05) is 0 Å². The van der Waals surface area contributed by atoms with Gasteiger partial charge in [-0.2, -0.15) is 4.72 Å². The summed E-state index contributed by atoms with van der Waals surface area (Å²) < 4.78 is 48.9. The number of primary sulfonamides is 1. The summed E-state index contributed by atoms with van der Waals surface area (Å²) in [6, 6.07) is 2.01. The van der Waals surface area contributed by atoms with Gasteiger partial charge in [-0.25, -0.2) is 22.0 Å². The molecule has 0 fully saturated rings. The van der Waals surface area contributed by atoms with Crippen LogP contribution in [0.5, 0.6) is 0 Å². The first kappa shape index (κ1) is 30.0. The average Bonchev–Trinajstić information content (AvgIpc) is 2.69. The predicted octanol–water partition coefficient (Wildman–Crippen LogP) is 5.68. The minimum atomic E-state index is -4.15. The topological polar surface area (TPSA) is 161 Å². The number of nitrogens with zero attached hydrogens (tertiary/aromatic N) is 1. The number of nitrogens with one attached hydrogen (secondary N) is 2. The first-order chi connectivity index (χ1) is 15.4. The van der Waals surface area contributed by atoms with E-state index in [0.717, 1.165) is 12.1 Å². The van der Waals surface area contributed by atoms with Crippen molar-refractivity contribution in [1.82, 2.24) is 4.72 Å². The number of nitrogens with two attached hydrogens (primary N) is 1. The number of hydrogen-bond donors (Lipinski definition) is 3. The third-order valence-electron chi connectivity index (χ3n) is 3.84. The van der Waals surface area contributed by atoms with Crippen molar-refractivity contribution in [3.05, 3.63) is 52.4 Å². The third-order valence-corrected chi connectivity index (χ3v) is 9.46. The zero-order chi connectivity index (χ0) is 26.3. The predicted molar refractivity (Wildman–Crippen MR) is 134 cm³/mol. The van der Waals surface area contributed by atoms with Crippen LogP contribution >= 0.6 is 92.8 Å². The monoisotopic (exact) mass is 672 g/mol. The van der Waals surface area contributed by atoms with Crippen molar-refractivity contribution in [2.45, 2.75) is 20.8 Å². The maximum Gasteiger partial charge on any atom is 0.309 e. The lowest BCUT2D eigenvalue weighted by Crippen LogP contribution is -2.48. The van der Waals surface area contributed by atoms with E-state index in [1.165, 1.54) is 0 Å². The van der Waals surface area contributed by atoms with Gasteiger partial charge < -0.3 is 5.32 Å². The molecule has 3 rings (SSSR count). The first-order valence-corrected chi connectivity index (χ1v) is 14.2. The molecule has 0 amide bonds. The Bertz CT molecular complexity index is 1360. The summed E-state index contributed by atoms with van der Waals surface area (Å²) in [6.07, 6.45) is -0.966. The molecular weight excluding hydrogens is 668 g/mol. The molecular formula is C14H8Cl8N4O6S2. The summed E-state index contributed by atoms with van der Waals surface area (Å²) in [5.74, 6) is 0. The summed E-state index contributed by atoms with van der Waals surface area (Å²) in [5.41, 5.74) is -0.467. The number of rotatable bonds is 3. The summed E-state index contributed by atoms with van der Waals surface area (Å²) in [5, 5.41) is 16.9. The minimum absolute atomic E-state index is 0.0810. The molecule has 0 saturated heterocycles. The molecule has 10 nitrogen and oxygen atoms in total. The van der Waals surface area contributed by atoms with E-state index in [4.69, 9.17) is 97.9 Å². The Morgan fingerprint density at radius 3 is 1.85 bits per heavy atom. The molecule has 0 saturated carbocycles. The molecule has 1 aliphatic rings. The largest absolute Gasteiger partial charge is 0.366 e. The van der Waals surface area contributed by atoms with Gasteiger partial charge in [0.05, 0.1) is 30.7 Å². The van der Waals surface area contributed by atoms with Gasteiger partial charge in [-0.15, -0.1) is 23.2 Å². The van der Waals surface area contributed by atoms with Crippen molar-refractivity contribution in [3.8, 4) is 0 Å². The molecule has 1 atom stereocenters. The first-order valence-electron chi connectivity index (χ1n) is 7.99. The number of benzene rings is 2. The Morgan fingerprint density at radius 2 is 1.44 bits per heavy atom. The third kappa shape index (κ3) is 6.36. The lowest BCUT2D eigenvalue weighted by atomic mass is 10.3. The molecule has 1 aliphatic heterocycles. The quantitative estimate of drug-likeness (QED) is 0.124. The highest BCUT2D eigenvalue weighted by molar-refractivity contribution is 7.90. The van der Waals surface area contributed by atoms with Crippen LogP contribution in [0.2, 0.25) is 30.1 Å². The van der Waals surface area contributed by atoms with Gasteiger partial charge in [0, 0.05) is 0 Å². The number of alkyl halides is 2. The normalized spacial score (nSPS) is 16.8. The molecule has 188 valence electrons. The standard InChI is InChI=1S/C8H8Cl3N3O4S2.C6Cl5NO2/c9-3-1-4-6(2-5(3)19(12,15)16)20(17,18)14-8(13-4)7(10)11;7-1-2(8)4(10)6(12(13)14)5(11)3(1)9/h1-2,7-8,13-14H,(H2,12,15,16);. The maximum absolute atomic E-state index is 12.0. The van der Waals surface area contributed by atoms with Crippen LogP contribution in [0.4, 0.5) is 11.4 Å². The van der Waals surface area contributed by atoms with Gasteiger partial charge in [-0.3, -0.25) is 10.1 Å². The zero-order valence-electron chi connectivity index (χ0n) is 15.6. The minimum Gasteiger partial charge on any atom is -0.366 e. The number of hydrogen-bond acceptors (Lipinski definition) is 7. The molecule has 0 aliphatic carbocycles. The van der Waals surface area contributed by atoms with Crippen LogP contribution < -0.4 is 15.2 Å². The van der Waals surface area contributed by atoms with Crippen molar-refractivity contribution >= 4 is 124 Å². The Kier molecular flexibility index (Phi) is 9.74. The summed E-state index contributed by atoms with van der Waals surface area (Å²) in [6.45, 7) is 0. The number of sulfonamides is 2. The van der Waals surface area contributed by atoms with Crippen LogP contribution in [0.3, 0.4) is 0 Å². The Balaban J connectivity index is 0.000000257. The molecule has 34 heavy (non-hydrogen) atoms. The molecule has 0 radical (unpaired) electrons. The van der Waals surface area contributed by atoms with Crippen molar-refractivity contribution in [2.75, 3.05) is 5.32 Å². The van der Waals surface area contributed by atoms with E-state index >= 15 is 0 Å². The van der Waals surface area contributed by atoms with E-state index < -0.39 is 46.6 Å². The Morgan fingerprint density at radius 1 is 0.971 bits per heavy atom. The highest BCUT2D eigenvalue weighted by Crippen LogP contribution is 2.47. The van der Waals surface area contributed by atoms with Gasteiger partial charge in [-0.1, -0.05) is 69.6 Å². The van der Waals surface area contributed by atoms with Gasteiger partial charge >= 0.3 is 5.69 Å². The summed E-state index contributed by atoms with van der Waals surface area (Å²) in [7, 11) is -8.15. The average molecular weight is 676 g/mol. The zero-order valence-corrected chi connectivity index (χ0v) is 23.3. The van der Waals surface area contributed by atoms with Gasteiger partial charge in [0.1, 0.15) is 30.8 Å². The molecule has 0 aromatic heterocycles. The maximum atomic E-state index is 12.0. The molecule has 0 spiro atoms. The highest BCUT2D eigenvalue weighted by atomic mass is 35.5. The second kappa shape index (κ2) is 11.0. The van der Waals surface area contributed by atoms with E-state index in [9.17, 15) is 26.9 Å². The smallest absolute Gasteiger partial charge is 0.309 e. The van der Waals surface area contributed by atoms with Gasteiger partial charge in [0.15, 0.2) is 0 Å². The van der Waals surface area contributed by atoms with Crippen LogP contribution in [0.1, 0.15) is 0 Å². The molecule has 0 bridgehead atoms.